The van der Waals surface area contributed by atoms with Crippen molar-refractivity contribution in [3.63, 3.8) is 0 Å². The summed E-state index contributed by atoms with van der Waals surface area (Å²) in [7, 11) is 0. The van der Waals surface area contributed by atoms with Crippen molar-refractivity contribution < 1.29 is 9.90 Å². The van der Waals surface area contributed by atoms with Gasteiger partial charge in [0.2, 0.25) is 5.91 Å². The zero-order chi connectivity index (χ0) is 9.90. The molecule has 0 aromatic heterocycles. The van der Waals surface area contributed by atoms with Gasteiger partial charge in [-0.05, 0) is 19.8 Å². The minimum Gasteiger partial charge on any atom is -0.394 e. The molecule has 76 valence electrons. The number of carbonyl (C=O) groups is 1. The molecule has 1 unspecified atom stereocenters. The van der Waals surface area contributed by atoms with Crippen LogP contribution in [0.5, 0.6) is 0 Å². The molecule has 0 aromatic carbocycles. The molecule has 0 radical (unpaired) electrons. The van der Waals surface area contributed by atoms with Crippen molar-refractivity contribution in [1.82, 2.24) is 5.32 Å². The number of alkyl halides is 1. The molecule has 1 rings (SSSR count). The molecule has 1 amide bonds. The Hall–Kier alpha value is -0.0900. The van der Waals surface area contributed by atoms with Gasteiger partial charge in [0.25, 0.3) is 0 Å². The average molecular weight is 250 g/mol. The molecular formula is C9H16BrNO2. The Morgan fingerprint density at radius 1 is 1.62 bits per heavy atom. The second kappa shape index (κ2) is 4.42. The van der Waals surface area contributed by atoms with Crippen LogP contribution in [-0.4, -0.2) is 28.0 Å². The maximum absolute atomic E-state index is 11.4. The van der Waals surface area contributed by atoms with E-state index in [1.807, 2.05) is 0 Å². The molecule has 0 heterocycles. The number of aliphatic hydroxyl groups is 1. The first-order valence-corrected chi connectivity index (χ1v) is 5.58. The lowest BCUT2D eigenvalue weighted by atomic mass is 9.99. The second-order valence-electron chi connectivity index (χ2n) is 3.75. The molecule has 1 aliphatic carbocycles. The standard InChI is InChI=1S/C9H16BrNO2/c1-7(10)8(13)11-9(6-12)4-2-3-5-9/h7,12H,2-6H2,1H3,(H,11,13). The summed E-state index contributed by atoms with van der Waals surface area (Å²) in [6, 6.07) is 0. The Morgan fingerprint density at radius 3 is 2.54 bits per heavy atom. The zero-order valence-electron chi connectivity index (χ0n) is 7.85. The number of halogens is 1. The Labute approximate surface area is 87.0 Å². The lowest BCUT2D eigenvalue weighted by molar-refractivity contribution is -0.122. The number of aliphatic hydroxyl groups excluding tert-OH is 1. The highest BCUT2D eigenvalue weighted by molar-refractivity contribution is 9.10. The molecule has 0 aromatic rings. The molecule has 2 N–H and O–H groups in total. The quantitative estimate of drug-likeness (QED) is 0.739. The maximum Gasteiger partial charge on any atom is 0.234 e. The lowest BCUT2D eigenvalue weighted by Crippen LogP contribution is -2.51. The van der Waals surface area contributed by atoms with Crippen LogP contribution in [0.15, 0.2) is 0 Å². The first-order chi connectivity index (χ1) is 6.09. The molecule has 13 heavy (non-hydrogen) atoms. The van der Waals surface area contributed by atoms with Gasteiger partial charge in [0, 0.05) is 0 Å². The van der Waals surface area contributed by atoms with Gasteiger partial charge in [-0.3, -0.25) is 4.79 Å². The van der Waals surface area contributed by atoms with E-state index in [-0.39, 0.29) is 22.9 Å². The van der Waals surface area contributed by atoms with Crippen molar-refractivity contribution >= 4 is 21.8 Å². The summed E-state index contributed by atoms with van der Waals surface area (Å²) in [5.74, 6) is -0.0315. The SMILES string of the molecule is CC(Br)C(=O)NC1(CO)CCCC1. The summed E-state index contributed by atoms with van der Waals surface area (Å²) in [5.41, 5.74) is -0.334. The fraction of sp³-hybridized carbons (Fsp3) is 0.889. The van der Waals surface area contributed by atoms with Crippen molar-refractivity contribution in [3.05, 3.63) is 0 Å². The van der Waals surface area contributed by atoms with E-state index < -0.39 is 0 Å². The summed E-state index contributed by atoms with van der Waals surface area (Å²) in [6.45, 7) is 1.84. The third-order valence-corrected chi connectivity index (χ3v) is 3.03. The third-order valence-electron chi connectivity index (χ3n) is 2.61. The minimum absolute atomic E-state index is 0.0315. The molecule has 1 aliphatic rings. The van der Waals surface area contributed by atoms with E-state index in [1.54, 1.807) is 6.92 Å². The van der Waals surface area contributed by atoms with Crippen LogP contribution >= 0.6 is 15.9 Å². The molecule has 3 nitrogen and oxygen atoms in total. The summed E-state index contributed by atoms with van der Waals surface area (Å²) in [6.07, 6.45) is 3.99. The predicted molar refractivity (Wildman–Crippen MR) is 54.8 cm³/mol. The number of amides is 1. The first kappa shape index (κ1) is 11.0. The second-order valence-corrected chi connectivity index (χ2v) is 5.12. The Balaban J connectivity index is 2.53. The number of rotatable bonds is 3. The van der Waals surface area contributed by atoms with Crippen LogP contribution in [0.3, 0.4) is 0 Å². The van der Waals surface area contributed by atoms with Crippen LogP contribution in [0.25, 0.3) is 0 Å². The number of carbonyl (C=O) groups excluding carboxylic acids is 1. The molecule has 0 bridgehead atoms. The van der Waals surface area contributed by atoms with Crippen LogP contribution in [0.1, 0.15) is 32.6 Å². The van der Waals surface area contributed by atoms with E-state index >= 15 is 0 Å². The molecule has 0 aliphatic heterocycles. The van der Waals surface area contributed by atoms with Gasteiger partial charge in [-0.15, -0.1) is 0 Å². The van der Waals surface area contributed by atoms with Crippen LogP contribution in [-0.2, 0) is 4.79 Å². The van der Waals surface area contributed by atoms with Gasteiger partial charge in [0.05, 0.1) is 17.0 Å². The molecule has 1 atom stereocenters. The van der Waals surface area contributed by atoms with Crippen molar-refractivity contribution in [2.75, 3.05) is 6.61 Å². The monoisotopic (exact) mass is 249 g/mol. The van der Waals surface area contributed by atoms with Crippen LogP contribution in [0.4, 0.5) is 0 Å². The molecule has 0 saturated heterocycles. The van der Waals surface area contributed by atoms with Gasteiger partial charge in [-0.25, -0.2) is 0 Å². The van der Waals surface area contributed by atoms with Gasteiger partial charge in [0.15, 0.2) is 0 Å². The highest BCUT2D eigenvalue weighted by atomic mass is 79.9. The van der Waals surface area contributed by atoms with Gasteiger partial charge in [0.1, 0.15) is 0 Å². The predicted octanol–water partition coefficient (Wildman–Crippen LogP) is 1.19. The smallest absolute Gasteiger partial charge is 0.234 e. The number of nitrogens with one attached hydrogen (secondary N) is 1. The Morgan fingerprint density at radius 2 is 2.15 bits per heavy atom. The van der Waals surface area contributed by atoms with E-state index in [0.29, 0.717) is 0 Å². The molecule has 1 saturated carbocycles. The normalized spacial score (nSPS) is 22.7. The number of hydrogen-bond donors (Lipinski definition) is 2. The van der Waals surface area contributed by atoms with Crippen molar-refractivity contribution in [1.29, 1.82) is 0 Å². The Kier molecular flexibility index (Phi) is 3.74. The van der Waals surface area contributed by atoms with E-state index in [4.69, 9.17) is 0 Å². The third kappa shape index (κ3) is 2.68. The number of hydrogen-bond acceptors (Lipinski definition) is 2. The zero-order valence-corrected chi connectivity index (χ0v) is 9.43. The first-order valence-electron chi connectivity index (χ1n) is 4.67. The maximum atomic E-state index is 11.4. The summed E-state index contributed by atoms with van der Waals surface area (Å²) in [4.78, 5) is 11.2. The molecular weight excluding hydrogens is 234 g/mol. The van der Waals surface area contributed by atoms with Crippen LogP contribution in [0, 0.1) is 0 Å². The fourth-order valence-corrected chi connectivity index (χ4v) is 1.85. The Bertz CT molecular complexity index is 188. The average Bonchev–Trinajstić information content (AvgIpc) is 2.54. The van der Waals surface area contributed by atoms with Crippen LogP contribution < -0.4 is 5.32 Å². The van der Waals surface area contributed by atoms with E-state index in [0.717, 1.165) is 25.7 Å². The van der Waals surface area contributed by atoms with Crippen molar-refractivity contribution in [2.45, 2.75) is 43.0 Å². The molecule has 1 fully saturated rings. The van der Waals surface area contributed by atoms with Gasteiger partial charge < -0.3 is 10.4 Å². The van der Waals surface area contributed by atoms with Crippen LogP contribution in [0.2, 0.25) is 0 Å². The summed E-state index contributed by atoms with van der Waals surface area (Å²) >= 11 is 3.21. The van der Waals surface area contributed by atoms with E-state index in [1.165, 1.54) is 0 Å². The summed E-state index contributed by atoms with van der Waals surface area (Å²) in [5, 5.41) is 12.1. The topological polar surface area (TPSA) is 49.3 Å². The van der Waals surface area contributed by atoms with Gasteiger partial charge >= 0.3 is 0 Å². The van der Waals surface area contributed by atoms with E-state index in [9.17, 15) is 9.90 Å². The highest BCUT2D eigenvalue weighted by Crippen LogP contribution is 2.29. The lowest BCUT2D eigenvalue weighted by Gasteiger charge is -2.28. The summed E-state index contributed by atoms with van der Waals surface area (Å²) < 4.78 is 0. The van der Waals surface area contributed by atoms with Gasteiger partial charge in [-0.1, -0.05) is 28.8 Å². The molecule has 0 spiro atoms. The fourth-order valence-electron chi connectivity index (χ4n) is 1.74. The van der Waals surface area contributed by atoms with Crippen molar-refractivity contribution in [3.8, 4) is 0 Å². The largest absolute Gasteiger partial charge is 0.394 e. The molecule has 4 heteroatoms. The van der Waals surface area contributed by atoms with E-state index in [2.05, 4.69) is 21.2 Å². The highest BCUT2D eigenvalue weighted by Gasteiger charge is 2.35. The van der Waals surface area contributed by atoms with Crippen molar-refractivity contribution in [2.24, 2.45) is 0 Å². The minimum atomic E-state index is -0.334. The van der Waals surface area contributed by atoms with Gasteiger partial charge in [-0.2, -0.15) is 0 Å².